The van der Waals surface area contributed by atoms with E-state index < -0.39 is 10.0 Å². The summed E-state index contributed by atoms with van der Waals surface area (Å²) >= 11 is 1.73. The molecule has 0 fully saturated rings. The molecule has 0 spiro atoms. The van der Waals surface area contributed by atoms with Gasteiger partial charge in [0.1, 0.15) is 0 Å². The molecule has 1 aliphatic rings. The molecule has 0 saturated carbocycles. The number of fused-ring (bicyclic) bond motifs is 1. The molecule has 20 heavy (non-hydrogen) atoms. The number of hydrogen-bond acceptors (Lipinski definition) is 4. The maximum absolute atomic E-state index is 12.4. The second-order valence-corrected chi connectivity index (χ2v) is 8.49. The molecule has 0 N–H and O–H groups in total. The highest BCUT2D eigenvalue weighted by Gasteiger charge is 2.28. The van der Waals surface area contributed by atoms with Gasteiger partial charge in [-0.3, -0.25) is 4.79 Å². The summed E-state index contributed by atoms with van der Waals surface area (Å²) in [5.41, 5.74) is 0.863. The molecule has 1 aromatic carbocycles. The number of sulfonamides is 1. The Bertz CT molecular complexity index is 616. The molecular formula is C13H18N2O3S2. The molecule has 0 saturated heterocycles. The number of hydrogen-bond donors (Lipinski definition) is 0. The van der Waals surface area contributed by atoms with Gasteiger partial charge < -0.3 is 4.90 Å². The average Bonchev–Trinajstić information content (AvgIpc) is 2.36. The lowest BCUT2D eigenvalue weighted by atomic mass is 10.2. The summed E-state index contributed by atoms with van der Waals surface area (Å²) in [6.45, 7) is 2.52. The van der Waals surface area contributed by atoms with E-state index in [1.807, 2.05) is 24.3 Å². The lowest BCUT2D eigenvalue weighted by Crippen LogP contribution is -2.44. The van der Waals surface area contributed by atoms with Gasteiger partial charge in [0.05, 0.1) is 18.5 Å². The number of thioether (sulfide) groups is 1. The van der Waals surface area contributed by atoms with Crippen molar-refractivity contribution in [2.75, 3.05) is 31.3 Å². The summed E-state index contributed by atoms with van der Waals surface area (Å²) in [5.74, 6) is -0.197. The van der Waals surface area contributed by atoms with Crippen LogP contribution in [0.3, 0.4) is 0 Å². The first kappa shape index (κ1) is 15.3. The largest absolute Gasteiger partial charge is 0.309 e. The quantitative estimate of drug-likeness (QED) is 0.846. The summed E-state index contributed by atoms with van der Waals surface area (Å²) in [4.78, 5) is 15.1. The maximum Gasteiger partial charge on any atom is 0.242 e. The van der Waals surface area contributed by atoms with E-state index in [2.05, 4.69) is 6.92 Å². The highest BCUT2D eigenvalue weighted by Crippen LogP contribution is 2.38. The third-order valence-electron chi connectivity index (χ3n) is 3.15. The minimum atomic E-state index is -3.35. The van der Waals surface area contributed by atoms with E-state index in [0.717, 1.165) is 21.1 Å². The van der Waals surface area contributed by atoms with Crippen LogP contribution in [0.1, 0.15) is 6.92 Å². The van der Waals surface area contributed by atoms with E-state index in [0.29, 0.717) is 6.54 Å². The first-order valence-corrected chi connectivity index (χ1v) is 8.99. The van der Waals surface area contributed by atoms with Crippen LogP contribution in [0.15, 0.2) is 29.2 Å². The second kappa shape index (κ2) is 5.75. The highest BCUT2D eigenvalue weighted by atomic mass is 32.2. The predicted molar refractivity (Wildman–Crippen MR) is 81.6 cm³/mol. The average molecular weight is 314 g/mol. The van der Waals surface area contributed by atoms with E-state index in [-0.39, 0.29) is 17.7 Å². The molecule has 1 amide bonds. The van der Waals surface area contributed by atoms with Crippen molar-refractivity contribution in [2.45, 2.75) is 17.1 Å². The maximum atomic E-state index is 12.4. The van der Waals surface area contributed by atoms with Gasteiger partial charge in [-0.25, -0.2) is 8.42 Å². The molecule has 0 radical (unpaired) electrons. The Kier molecular flexibility index (Phi) is 4.41. The zero-order valence-electron chi connectivity index (χ0n) is 11.7. The molecule has 1 aromatic rings. The Morgan fingerprint density at radius 3 is 2.75 bits per heavy atom. The van der Waals surface area contributed by atoms with Crippen LogP contribution in [0.2, 0.25) is 0 Å². The van der Waals surface area contributed by atoms with E-state index >= 15 is 0 Å². The molecule has 1 heterocycles. The van der Waals surface area contributed by atoms with Crippen molar-refractivity contribution in [2.24, 2.45) is 0 Å². The first-order valence-electron chi connectivity index (χ1n) is 6.26. The van der Waals surface area contributed by atoms with Crippen molar-refractivity contribution < 1.29 is 13.2 Å². The fourth-order valence-electron chi connectivity index (χ4n) is 2.02. The van der Waals surface area contributed by atoms with Crippen molar-refractivity contribution in [3.05, 3.63) is 24.3 Å². The van der Waals surface area contributed by atoms with E-state index in [9.17, 15) is 13.2 Å². The topological polar surface area (TPSA) is 57.7 Å². The van der Waals surface area contributed by atoms with Gasteiger partial charge >= 0.3 is 0 Å². The lowest BCUT2D eigenvalue weighted by molar-refractivity contribution is -0.118. The van der Waals surface area contributed by atoms with Crippen LogP contribution in [-0.4, -0.2) is 50.3 Å². The molecule has 0 bridgehead atoms. The highest BCUT2D eigenvalue weighted by molar-refractivity contribution is 8.00. The molecule has 0 aromatic heterocycles. The number of amides is 1. The minimum absolute atomic E-state index is 0.134. The molecule has 7 heteroatoms. The molecule has 0 aliphatic carbocycles. The van der Waals surface area contributed by atoms with Gasteiger partial charge in [0, 0.05) is 23.7 Å². The third kappa shape index (κ3) is 3.34. The Morgan fingerprint density at radius 1 is 1.45 bits per heavy atom. The number of nitrogens with zero attached hydrogens (tertiary/aromatic N) is 2. The number of likely N-dealkylation sites (N-methyl/N-ethyl adjacent to an activating group) is 1. The summed E-state index contributed by atoms with van der Waals surface area (Å²) in [5, 5.41) is 0.289. The van der Waals surface area contributed by atoms with Crippen LogP contribution >= 0.6 is 11.8 Å². The van der Waals surface area contributed by atoms with Gasteiger partial charge in [-0.2, -0.15) is 4.31 Å². The third-order valence-corrected chi connectivity index (χ3v) is 5.56. The van der Waals surface area contributed by atoms with Crippen LogP contribution in [0, 0.1) is 0 Å². The number of carbonyl (C=O) groups excluding carboxylic acids is 1. The van der Waals surface area contributed by atoms with Gasteiger partial charge in [0.25, 0.3) is 0 Å². The molecule has 110 valence electrons. The number of anilines is 1. The van der Waals surface area contributed by atoms with E-state index in [1.54, 1.807) is 16.7 Å². The second-order valence-electron chi connectivity index (χ2n) is 4.92. The van der Waals surface area contributed by atoms with Gasteiger partial charge in [-0.1, -0.05) is 19.1 Å². The fraction of sp³-hybridized carbons (Fsp3) is 0.462. The van der Waals surface area contributed by atoms with Crippen LogP contribution in [0.25, 0.3) is 0 Å². The van der Waals surface area contributed by atoms with Crippen molar-refractivity contribution in [3.63, 3.8) is 0 Å². The normalized spacial score (nSPS) is 19.0. The smallest absolute Gasteiger partial charge is 0.242 e. The number of para-hydroxylation sites is 1. The van der Waals surface area contributed by atoms with Crippen LogP contribution in [0.4, 0.5) is 5.69 Å². The zero-order chi connectivity index (χ0) is 14.9. The summed E-state index contributed by atoms with van der Waals surface area (Å²) in [6.07, 6.45) is 1.10. The molecule has 0 unspecified atom stereocenters. The Hall–Kier alpha value is -1.05. The van der Waals surface area contributed by atoms with Gasteiger partial charge in [-0.15, -0.1) is 11.8 Å². The molecule has 2 rings (SSSR count). The van der Waals surface area contributed by atoms with E-state index in [4.69, 9.17) is 0 Å². The summed E-state index contributed by atoms with van der Waals surface area (Å²) in [7, 11) is -1.93. The molecular weight excluding hydrogens is 296 g/mol. The number of benzene rings is 1. The van der Waals surface area contributed by atoms with Crippen molar-refractivity contribution in [3.8, 4) is 0 Å². The SMILES string of the molecule is C[C@@H]1CN(C(=O)CN(C)S(C)(=O)=O)c2ccccc2S1. The Labute approximate surface area is 124 Å². The van der Waals surface area contributed by atoms with Gasteiger partial charge in [0.2, 0.25) is 15.9 Å². The van der Waals surface area contributed by atoms with Gasteiger partial charge in [-0.05, 0) is 12.1 Å². The fourth-order valence-corrected chi connectivity index (χ4v) is 3.48. The summed E-state index contributed by atoms with van der Waals surface area (Å²) in [6, 6.07) is 7.70. The molecule has 5 nitrogen and oxygen atoms in total. The van der Waals surface area contributed by atoms with Crippen LogP contribution in [0.5, 0.6) is 0 Å². The number of carbonyl (C=O) groups is 1. The number of rotatable bonds is 3. The van der Waals surface area contributed by atoms with Crippen molar-refractivity contribution in [1.82, 2.24) is 4.31 Å². The monoisotopic (exact) mass is 314 g/mol. The van der Waals surface area contributed by atoms with Crippen LogP contribution < -0.4 is 4.90 Å². The lowest BCUT2D eigenvalue weighted by Gasteiger charge is -2.33. The minimum Gasteiger partial charge on any atom is -0.309 e. The first-order chi connectivity index (χ1) is 9.29. The molecule has 1 atom stereocenters. The predicted octanol–water partition coefficient (Wildman–Crippen LogP) is 1.41. The van der Waals surface area contributed by atoms with Crippen LogP contribution in [-0.2, 0) is 14.8 Å². The Balaban J connectivity index is 2.23. The van der Waals surface area contributed by atoms with Crippen molar-refractivity contribution in [1.29, 1.82) is 0 Å². The van der Waals surface area contributed by atoms with Gasteiger partial charge in [0.15, 0.2) is 0 Å². The van der Waals surface area contributed by atoms with Crippen molar-refractivity contribution >= 4 is 33.4 Å². The standard InChI is InChI=1S/C13H18N2O3S2/c1-10-8-15(11-6-4-5-7-12(11)19-10)13(16)9-14(2)20(3,17)18/h4-7,10H,8-9H2,1-3H3/t10-/m1/s1. The zero-order valence-corrected chi connectivity index (χ0v) is 13.4. The molecule has 1 aliphatic heterocycles. The Morgan fingerprint density at radius 2 is 2.10 bits per heavy atom. The summed E-state index contributed by atoms with van der Waals surface area (Å²) < 4.78 is 23.9. The van der Waals surface area contributed by atoms with E-state index in [1.165, 1.54) is 7.05 Å².